The fourth-order valence-electron chi connectivity index (χ4n) is 0.671. The first-order chi connectivity index (χ1) is 7.09. The van der Waals surface area contributed by atoms with Crippen LogP contribution < -0.4 is 0 Å². The zero-order chi connectivity index (χ0) is 11.3. The molecule has 0 atom stereocenters. The van der Waals surface area contributed by atoms with E-state index < -0.39 is 23.4 Å². The molecule has 15 heavy (non-hydrogen) atoms. The molecule has 1 heterocycles. The highest BCUT2D eigenvalue weighted by Gasteiger charge is 2.13. The molecule has 11 heteroatoms. The van der Waals surface area contributed by atoms with Gasteiger partial charge in [0.1, 0.15) is 24.6 Å². The van der Waals surface area contributed by atoms with Gasteiger partial charge in [-0.25, -0.2) is 4.63 Å². The van der Waals surface area contributed by atoms with Crippen LogP contribution in [0.2, 0.25) is 0 Å². The molecule has 1 aromatic rings. The molecular weight excluding hydrogens is 216 g/mol. The van der Waals surface area contributed by atoms with Gasteiger partial charge in [0.05, 0.1) is 0 Å². The van der Waals surface area contributed by atoms with E-state index in [-0.39, 0.29) is 11.4 Å². The van der Waals surface area contributed by atoms with Gasteiger partial charge in [-0.1, -0.05) is 10.3 Å². The minimum absolute atomic E-state index is 0.0337. The lowest BCUT2D eigenvalue weighted by molar-refractivity contribution is -0.764. The van der Waals surface area contributed by atoms with Crippen LogP contribution in [-0.4, -0.2) is 20.5 Å². The van der Waals surface area contributed by atoms with E-state index in [1.807, 2.05) is 0 Å². The zero-order valence-corrected chi connectivity index (χ0v) is 7.06. The lowest BCUT2D eigenvalue weighted by Crippen LogP contribution is -2.06. The maximum absolute atomic E-state index is 9.84. The van der Waals surface area contributed by atoms with Gasteiger partial charge in [-0.3, -0.25) is 0 Å². The van der Waals surface area contributed by atoms with Gasteiger partial charge in [0.25, 0.3) is 10.2 Å². The predicted octanol–water partition coefficient (Wildman–Crippen LogP) is -0.514. The third-order valence-corrected chi connectivity index (χ3v) is 1.25. The van der Waals surface area contributed by atoms with Gasteiger partial charge >= 0.3 is 0 Å². The first kappa shape index (κ1) is 10.6. The SMILES string of the molecule is O=[N+]([O-])OCc1nonc1CO[N+](=O)[O-]. The Morgan fingerprint density at radius 2 is 1.47 bits per heavy atom. The van der Waals surface area contributed by atoms with Gasteiger partial charge in [0.15, 0.2) is 0 Å². The molecule has 0 bridgehead atoms. The summed E-state index contributed by atoms with van der Waals surface area (Å²) in [4.78, 5) is 27.6. The summed E-state index contributed by atoms with van der Waals surface area (Å²) < 4.78 is 4.21. The second-order valence-corrected chi connectivity index (χ2v) is 2.15. The highest BCUT2D eigenvalue weighted by molar-refractivity contribution is 5.04. The summed E-state index contributed by atoms with van der Waals surface area (Å²) in [5.74, 6) is 0. The zero-order valence-electron chi connectivity index (χ0n) is 7.06. The van der Waals surface area contributed by atoms with Gasteiger partial charge in [-0.15, -0.1) is 20.2 Å². The van der Waals surface area contributed by atoms with E-state index >= 15 is 0 Å². The molecule has 0 aliphatic rings. The number of aromatic nitrogens is 2. The van der Waals surface area contributed by atoms with Crippen LogP contribution in [0.5, 0.6) is 0 Å². The second-order valence-electron chi connectivity index (χ2n) is 2.15. The van der Waals surface area contributed by atoms with E-state index in [0.717, 1.165) is 0 Å². The average molecular weight is 220 g/mol. The quantitative estimate of drug-likeness (QED) is 0.456. The minimum Gasteiger partial charge on any atom is -0.307 e. The lowest BCUT2D eigenvalue weighted by atomic mass is 10.3. The molecule has 0 N–H and O–H groups in total. The summed E-state index contributed by atoms with van der Waals surface area (Å²) in [6, 6.07) is 0. The molecule has 1 rings (SSSR count). The van der Waals surface area contributed by atoms with Crippen LogP contribution >= 0.6 is 0 Å². The molecule has 0 saturated heterocycles. The van der Waals surface area contributed by atoms with E-state index in [2.05, 4.69) is 24.6 Å². The Hall–Kier alpha value is -2.46. The van der Waals surface area contributed by atoms with Crippen molar-refractivity contribution in [2.24, 2.45) is 0 Å². The van der Waals surface area contributed by atoms with Gasteiger partial charge in [0.2, 0.25) is 0 Å². The van der Waals surface area contributed by atoms with Gasteiger partial charge in [0, 0.05) is 0 Å². The monoisotopic (exact) mass is 220 g/mol. The van der Waals surface area contributed by atoms with Crippen LogP contribution in [0.3, 0.4) is 0 Å². The van der Waals surface area contributed by atoms with Crippen LogP contribution in [-0.2, 0) is 22.9 Å². The van der Waals surface area contributed by atoms with Crippen LogP contribution in [0.1, 0.15) is 11.4 Å². The molecule has 0 unspecified atom stereocenters. The summed E-state index contributed by atoms with van der Waals surface area (Å²) in [6.45, 7) is -1.01. The predicted molar refractivity (Wildman–Crippen MR) is 37.9 cm³/mol. The van der Waals surface area contributed by atoms with Crippen LogP contribution in [0.25, 0.3) is 0 Å². The minimum atomic E-state index is -1.03. The first-order valence-corrected chi connectivity index (χ1v) is 3.44. The topological polar surface area (TPSA) is 144 Å². The first-order valence-electron chi connectivity index (χ1n) is 3.44. The molecule has 0 aliphatic heterocycles. The summed E-state index contributed by atoms with van der Waals surface area (Å²) in [7, 11) is 0. The smallest absolute Gasteiger partial charge is 0.294 e. The van der Waals surface area contributed by atoms with Crippen molar-refractivity contribution in [3.8, 4) is 0 Å². The van der Waals surface area contributed by atoms with Crippen LogP contribution in [0.4, 0.5) is 0 Å². The number of nitrogens with zero attached hydrogens (tertiary/aromatic N) is 4. The average Bonchev–Trinajstić information content (AvgIpc) is 2.58. The highest BCUT2D eigenvalue weighted by atomic mass is 17.0. The Kier molecular flexibility index (Phi) is 3.32. The number of rotatable bonds is 6. The normalized spacial score (nSPS) is 9.60. The standard InChI is InChI=1S/C4H4N4O7/c9-7(10)13-1-3-4(6-15-5-3)2-14-8(11)12/h1-2H2. The molecule has 0 aromatic carbocycles. The van der Waals surface area contributed by atoms with Crippen LogP contribution in [0.15, 0.2) is 4.63 Å². The molecule has 0 fully saturated rings. The van der Waals surface area contributed by atoms with Crippen molar-refractivity contribution in [3.63, 3.8) is 0 Å². The van der Waals surface area contributed by atoms with E-state index in [4.69, 9.17) is 0 Å². The third-order valence-electron chi connectivity index (χ3n) is 1.25. The summed E-state index contributed by atoms with van der Waals surface area (Å²) in [6.07, 6.45) is 0. The largest absolute Gasteiger partial charge is 0.307 e. The Morgan fingerprint density at radius 1 is 1.07 bits per heavy atom. The Labute approximate surface area is 80.7 Å². The van der Waals surface area contributed by atoms with E-state index in [1.165, 1.54) is 0 Å². The summed E-state index contributed by atoms with van der Waals surface area (Å²) in [5, 5.41) is 24.1. The fourth-order valence-corrected chi connectivity index (χ4v) is 0.671. The van der Waals surface area contributed by atoms with Crippen molar-refractivity contribution < 1.29 is 24.5 Å². The molecule has 1 aromatic heterocycles. The molecule has 0 radical (unpaired) electrons. The molecule has 0 spiro atoms. The fraction of sp³-hybridized carbons (Fsp3) is 0.500. The third kappa shape index (κ3) is 3.41. The molecule has 11 nitrogen and oxygen atoms in total. The molecule has 0 amide bonds. The van der Waals surface area contributed by atoms with Crippen LogP contribution in [0, 0.1) is 20.2 Å². The second kappa shape index (κ2) is 4.69. The summed E-state index contributed by atoms with van der Waals surface area (Å²) in [5.41, 5.74) is -0.0675. The van der Waals surface area contributed by atoms with E-state index in [1.54, 1.807) is 0 Å². The van der Waals surface area contributed by atoms with Crippen molar-refractivity contribution in [3.05, 3.63) is 31.6 Å². The highest BCUT2D eigenvalue weighted by Crippen LogP contribution is 2.06. The summed E-state index contributed by atoms with van der Waals surface area (Å²) >= 11 is 0. The van der Waals surface area contributed by atoms with Crippen molar-refractivity contribution in [2.75, 3.05) is 0 Å². The van der Waals surface area contributed by atoms with Crippen molar-refractivity contribution in [1.82, 2.24) is 10.3 Å². The molecule has 0 saturated carbocycles. The van der Waals surface area contributed by atoms with E-state index in [9.17, 15) is 20.2 Å². The molecule has 0 aliphatic carbocycles. The maximum atomic E-state index is 9.84. The van der Waals surface area contributed by atoms with Crippen molar-refractivity contribution >= 4 is 0 Å². The molecule has 82 valence electrons. The maximum Gasteiger partial charge on any atom is 0.294 e. The van der Waals surface area contributed by atoms with E-state index in [0.29, 0.717) is 0 Å². The number of hydrogen-bond donors (Lipinski definition) is 0. The van der Waals surface area contributed by atoms with Gasteiger partial charge < -0.3 is 9.68 Å². The number of hydrogen-bond acceptors (Lipinski definition) is 9. The van der Waals surface area contributed by atoms with Gasteiger partial charge in [-0.05, 0) is 0 Å². The van der Waals surface area contributed by atoms with Crippen molar-refractivity contribution in [1.29, 1.82) is 0 Å². The Bertz CT molecular complexity index is 329. The molecular formula is C4H4N4O7. The lowest BCUT2D eigenvalue weighted by Gasteiger charge is -1.96. The van der Waals surface area contributed by atoms with Gasteiger partial charge in [-0.2, -0.15) is 0 Å². The Balaban J connectivity index is 2.53. The van der Waals surface area contributed by atoms with Crippen molar-refractivity contribution in [2.45, 2.75) is 13.2 Å². The Morgan fingerprint density at radius 3 is 1.80 bits per heavy atom.